The molecule has 3 heterocycles. The van der Waals surface area contributed by atoms with E-state index in [-0.39, 0.29) is 5.41 Å². The van der Waals surface area contributed by atoms with Crippen molar-refractivity contribution in [3.8, 4) is 45.2 Å². The average Bonchev–Trinajstić information content (AvgIpc) is 3.50. The van der Waals surface area contributed by atoms with E-state index in [1.807, 2.05) is 54.7 Å². The molecule has 190 valence electrons. The zero-order valence-electron chi connectivity index (χ0n) is 22.2. The largest absolute Gasteiger partial charge is 0.455 e. The first-order valence-corrected chi connectivity index (χ1v) is 13.5. The van der Waals surface area contributed by atoms with Gasteiger partial charge in [0.05, 0.1) is 17.1 Å². The molecule has 0 unspecified atom stereocenters. The monoisotopic (exact) mass is 515 g/mol. The van der Waals surface area contributed by atoms with Crippen LogP contribution in [-0.2, 0) is 5.41 Å². The molecule has 0 atom stereocenters. The van der Waals surface area contributed by atoms with Gasteiger partial charge in [0.1, 0.15) is 11.2 Å². The maximum Gasteiger partial charge on any atom is 0.160 e. The minimum absolute atomic E-state index is 0.295. The van der Waals surface area contributed by atoms with Crippen LogP contribution in [0.2, 0.25) is 0 Å². The van der Waals surface area contributed by atoms with Gasteiger partial charge in [0.2, 0.25) is 0 Å². The van der Waals surface area contributed by atoms with Gasteiger partial charge in [-0.25, -0.2) is 9.97 Å². The SMILES string of the molecule is CC1(C)c2ccc(-c3cccc4c3oc3ccccc34)cc2-c2nc(-c3ccccc3)nc(-c3ccccn3)c21. The molecule has 0 radical (unpaired) electrons. The van der Waals surface area contributed by atoms with Crippen LogP contribution in [0.5, 0.6) is 0 Å². The molecule has 0 aliphatic heterocycles. The second-order valence-electron chi connectivity index (χ2n) is 10.9. The van der Waals surface area contributed by atoms with Gasteiger partial charge in [0, 0.05) is 44.6 Å². The topological polar surface area (TPSA) is 51.8 Å². The molecule has 0 spiro atoms. The number of benzene rings is 4. The molecule has 1 aliphatic carbocycles. The number of rotatable bonds is 3. The van der Waals surface area contributed by atoms with Crippen LogP contribution < -0.4 is 0 Å². The Morgan fingerprint density at radius 2 is 1.40 bits per heavy atom. The lowest BCUT2D eigenvalue weighted by molar-refractivity contribution is 0.657. The van der Waals surface area contributed by atoms with Crippen LogP contribution in [0.15, 0.2) is 120 Å². The molecular weight excluding hydrogens is 490 g/mol. The predicted molar refractivity (Wildman–Crippen MR) is 161 cm³/mol. The van der Waals surface area contributed by atoms with Crippen LogP contribution in [0.1, 0.15) is 25.0 Å². The highest BCUT2D eigenvalue weighted by atomic mass is 16.3. The minimum atomic E-state index is -0.295. The first-order valence-electron chi connectivity index (χ1n) is 13.5. The Kier molecular flexibility index (Phi) is 4.83. The van der Waals surface area contributed by atoms with Crippen LogP contribution in [0.25, 0.3) is 67.1 Å². The van der Waals surface area contributed by atoms with Gasteiger partial charge in [0.25, 0.3) is 0 Å². The highest BCUT2D eigenvalue weighted by Crippen LogP contribution is 2.52. The lowest BCUT2D eigenvalue weighted by Crippen LogP contribution is -2.17. The van der Waals surface area contributed by atoms with E-state index in [0.717, 1.165) is 66.8 Å². The van der Waals surface area contributed by atoms with Crippen molar-refractivity contribution in [2.45, 2.75) is 19.3 Å². The van der Waals surface area contributed by atoms with Crippen LogP contribution in [0.4, 0.5) is 0 Å². The zero-order valence-corrected chi connectivity index (χ0v) is 22.2. The minimum Gasteiger partial charge on any atom is -0.455 e. The number of fused-ring (bicyclic) bond motifs is 6. The lowest BCUT2D eigenvalue weighted by atomic mass is 9.81. The molecule has 0 N–H and O–H groups in total. The summed E-state index contributed by atoms with van der Waals surface area (Å²) < 4.78 is 6.39. The van der Waals surface area contributed by atoms with Gasteiger partial charge in [-0.05, 0) is 35.4 Å². The fourth-order valence-corrected chi connectivity index (χ4v) is 6.21. The number of hydrogen-bond donors (Lipinski definition) is 0. The van der Waals surface area contributed by atoms with Crippen molar-refractivity contribution in [2.75, 3.05) is 0 Å². The second kappa shape index (κ2) is 8.45. The molecule has 0 saturated carbocycles. The van der Waals surface area contributed by atoms with Gasteiger partial charge in [-0.15, -0.1) is 0 Å². The highest BCUT2D eigenvalue weighted by Gasteiger charge is 2.40. The third-order valence-electron chi connectivity index (χ3n) is 8.14. The van der Waals surface area contributed by atoms with Crippen LogP contribution in [-0.4, -0.2) is 15.0 Å². The maximum absolute atomic E-state index is 6.39. The Bertz CT molecular complexity index is 2080. The Labute approximate surface area is 232 Å². The van der Waals surface area contributed by atoms with E-state index in [1.165, 1.54) is 5.56 Å². The molecule has 0 bridgehead atoms. The van der Waals surface area contributed by atoms with Crippen molar-refractivity contribution in [3.63, 3.8) is 0 Å². The lowest BCUT2D eigenvalue weighted by Gasteiger charge is -2.23. The van der Waals surface area contributed by atoms with E-state index in [4.69, 9.17) is 19.4 Å². The predicted octanol–water partition coefficient (Wildman–Crippen LogP) is 9.08. The number of nitrogens with zero attached hydrogens (tertiary/aromatic N) is 3. The zero-order chi connectivity index (χ0) is 26.8. The molecule has 40 heavy (non-hydrogen) atoms. The molecule has 3 aromatic heterocycles. The Balaban J connectivity index is 1.40. The van der Waals surface area contributed by atoms with Gasteiger partial charge in [0.15, 0.2) is 5.82 Å². The fourth-order valence-electron chi connectivity index (χ4n) is 6.21. The Hall–Kier alpha value is -5.09. The Morgan fingerprint density at radius 3 is 2.25 bits per heavy atom. The smallest absolute Gasteiger partial charge is 0.160 e. The van der Waals surface area contributed by atoms with E-state index in [0.29, 0.717) is 5.82 Å². The summed E-state index contributed by atoms with van der Waals surface area (Å²) in [7, 11) is 0. The summed E-state index contributed by atoms with van der Waals surface area (Å²) >= 11 is 0. The van der Waals surface area contributed by atoms with E-state index >= 15 is 0 Å². The molecule has 0 saturated heterocycles. The summed E-state index contributed by atoms with van der Waals surface area (Å²) in [5, 5.41) is 2.26. The van der Waals surface area contributed by atoms with Gasteiger partial charge in [-0.2, -0.15) is 0 Å². The van der Waals surface area contributed by atoms with Crippen molar-refractivity contribution >= 4 is 21.9 Å². The molecule has 7 aromatic rings. The number of aromatic nitrogens is 3. The normalized spacial score (nSPS) is 13.4. The third kappa shape index (κ3) is 3.29. The van der Waals surface area contributed by atoms with Crippen molar-refractivity contribution in [3.05, 3.63) is 127 Å². The van der Waals surface area contributed by atoms with Crippen molar-refractivity contribution < 1.29 is 4.42 Å². The van der Waals surface area contributed by atoms with E-state index in [2.05, 4.69) is 74.5 Å². The second-order valence-corrected chi connectivity index (χ2v) is 10.9. The summed E-state index contributed by atoms with van der Waals surface area (Å²) in [5.41, 5.74) is 10.8. The molecule has 4 heteroatoms. The number of hydrogen-bond acceptors (Lipinski definition) is 4. The summed E-state index contributed by atoms with van der Waals surface area (Å²) in [6.07, 6.45) is 1.83. The van der Waals surface area contributed by atoms with E-state index in [1.54, 1.807) is 0 Å². The van der Waals surface area contributed by atoms with Crippen LogP contribution >= 0.6 is 0 Å². The molecule has 4 aromatic carbocycles. The molecule has 0 fully saturated rings. The maximum atomic E-state index is 6.39. The summed E-state index contributed by atoms with van der Waals surface area (Å²) in [5.74, 6) is 0.702. The fraction of sp³-hybridized carbons (Fsp3) is 0.0833. The standard InChI is InChI=1S/C36H25N3O/c1-36(2)28-19-18-23(24-14-10-15-26-25-13-6-7-17-30(25)40-34(24)26)21-27(28)32-31(36)33(29-16-8-9-20-37-29)39-35(38-32)22-11-4-3-5-12-22/h3-21H,1-2H3. The quantitative estimate of drug-likeness (QED) is 0.235. The van der Waals surface area contributed by atoms with Gasteiger partial charge < -0.3 is 4.42 Å². The van der Waals surface area contributed by atoms with Crippen LogP contribution in [0, 0.1) is 0 Å². The van der Waals surface area contributed by atoms with Crippen molar-refractivity contribution in [2.24, 2.45) is 0 Å². The average molecular weight is 516 g/mol. The summed E-state index contributed by atoms with van der Waals surface area (Å²) in [6.45, 7) is 4.52. The summed E-state index contributed by atoms with van der Waals surface area (Å²) in [6, 6.07) is 37.5. The number of para-hydroxylation sites is 2. The number of furan rings is 1. The van der Waals surface area contributed by atoms with Crippen molar-refractivity contribution in [1.82, 2.24) is 15.0 Å². The molecule has 4 nitrogen and oxygen atoms in total. The van der Waals surface area contributed by atoms with Crippen LogP contribution in [0.3, 0.4) is 0 Å². The Morgan fingerprint density at radius 1 is 0.625 bits per heavy atom. The molecule has 1 aliphatic rings. The molecular formula is C36H25N3O. The highest BCUT2D eigenvalue weighted by molar-refractivity contribution is 6.09. The molecule has 8 rings (SSSR count). The van der Waals surface area contributed by atoms with Gasteiger partial charge in [-0.1, -0.05) is 98.8 Å². The number of pyridine rings is 1. The van der Waals surface area contributed by atoms with E-state index in [9.17, 15) is 0 Å². The summed E-state index contributed by atoms with van der Waals surface area (Å²) in [4.78, 5) is 15.0. The van der Waals surface area contributed by atoms with E-state index < -0.39 is 0 Å². The third-order valence-corrected chi connectivity index (χ3v) is 8.14. The first-order chi connectivity index (χ1) is 19.6. The van der Waals surface area contributed by atoms with Gasteiger partial charge in [-0.3, -0.25) is 4.98 Å². The molecule has 0 amide bonds. The first kappa shape index (κ1) is 22.9. The van der Waals surface area contributed by atoms with Gasteiger partial charge >= 0.3 is 0 Å². The van der Waals surface area contributed by atoms with Crippen molar-refractivity contribution in [1.29, 1.82) is 0 Å².